The topological polar surface area (TPSA) is 41.6 Å². The van der Waals surface area contributed by atoms with Gasteiger partial charge in [0.05, 0.1) is 6.10 Å². The van der Waals surface area contributed by atoms with Crippen LogP contribution in [0.15, 0.2) is 24.3 Å². The first kappa shape index (κ1) is 16.8. The lowest BCUT2D eigenvalue weighted by molar-refractivity contribution is -0.122. The zero-order valence-electron chi connectivity index (χ0n) is 14.0. The quantitative estimate of drug-likeness (QED) is 0.878. The fourth-order valence-electron chi connectivity index (χ4n) is 2.80. The summed E-state index contributed by atoms with van der Waals surface area (Å²) in [7, 11) is 2.14. The third kappa shape index (κ3) is 5.68. The van der Waals surface area contributed by atoms with Crippen molar-refractivity contribution in [1.82, 2.24) is 10.2 Å². The monoisotopic (exact) mass is 304 g/mol. The Kier molecular flexibility index (Phi) is 6.25. The van der Waals surface area contributed by atoms with Gasteiger partial charge in [-0.15, -0.1) is 0 Å². The van der Waals surface area contributed by atoms with Crippen LogP contribution in [0.4, 0.5) is 0 Å². The summed E-state index contributed by atoms with van der Waals surface area (Å²) in [6.07, 6.45) is 3.06. The van der Waals surface area contributed by atoms with Crippen LogP contribution in [0, 0.1) is 5.92 Å². The van der Waals surface area contributed by atoms with Crippen molar-refractivity contribution >= 4 is 5.91 Å². The predicted octanol–water partition coefficient (Wildman–Crippen LogP) is 2.82. The first-order chi connectivity index (χ1) is 10.5. The van der Waals surface area contributed by atoms with Crippen molar-refractivity contribution in [2.45, 2.75) is 45.8 Å². The summed E-state index contributed by atoms with van der Waals surface area (Å²) in [5.41, 5.74) is 1.08. The lowest BCUT2D eigenvalue weighted by atomic mass is 9.93. The molecular weight excluding hydrogens is 276 g/mol. The third-order valence-corrected chi connectivity index (χ3v) is 4.07. The second-order valence-electron chi connectivity index (χ2n) is 6.54. The van der Waals surface area contributed by atoms with E-state index in [1.165, 1.54) is 0 Å². The molecule has 4 heteroatoms. The summed E-state index contributed by atoms with van der Waals surface area (Å²) >= 11 is 0. The first-order valence-electron chi connectivity index (χ1n) is 8.24. The number of carbonyl (C=O) groups excluding carboxylic acids is 1. The van der Waals surface area contributed by atoms with Crippen molar-refractivity contribution in [3.8, 4) is 5.75 Å². The zero-order valence-corrected chi connectivity index (χ0v) is 14.0. The Labute approximate surface area is 133 Å². The third-order valence-electron chi connectivity index (χ3n) is 4.07. The molecule has 4 nitrogen and oxygen atoms in total. The van der Waals surface area contributed by atoms with Crippen LogP contribution in [0.25, 0.3) is 0 Å². The Hall–Kier alpha value is -1.55. The maximum absolute atomic E-state index is 12.1. The molecule has 0 spiro atoms. The van der Waals surface area contributed by atoms with Gasteiger partial charge in [0.1, 0.15) is 5.75 Å². The molecule has 1 aromatic rings. The molecular formula is C18H28N2O2. The molecule has 1 heterocycles. The van der Waals surface area contributed by atoms with Gasteiger partial charge in [0.2, 0.25) is 5.91 Å². The van der Waals surface area contributed by atoms with E-state index in [0.717, 1.165) is 37.2 Å². The highest BCUT2D eigenvalue weighted by Gasteiger charge is 2.19. The van der Waals surface area contributed by atoms with E-state index in [1.54, 1.807) is 0 Å². The van der Waals surface area contributed by atoms with Gasteiger partial charge in [0.15, 0.2) is 0 Å². The Morgan fingerprint density at radius 1 is 1.36 bits per heavy atom. The molecule has 0 unspecified atom stereocenters. The first-order valence-corrected chi connectivity index (χ1v) is 8.24. The van der Waals surface area contributed by atoms with Crippen LogP contribution in [-0.4, -0.2) is 37.0 Å². The van der Waals surface area contributed by atoms with Crippen molar-refractivity contribution in [2.75, 3.05) is 20.1 Å². The van der Waals surface area contributed by atoms with Gasteiger partial charge in [0, 0.05) is 13.0 Å². The van der Waals surface area contributed by atoms with E-state index < -0.39 is 0 Å². The SMILES string of the molecule is CC(C)Oc1cccc(CNC(=O)CC2CCN(C)CC2)c1. The number of likely N-dealkylation sites (tertiary alicyclic amines) is 1. The molecule has 0 atom stereocenters. The van der Waals surface area contributed by atoms with Crippen LogP contribution >= 0.6 is 0 Å². The minimum Gasteiger partial charge on any atom is -0.491 e. The number of rotatable bonds is 6. The van der Waals surface area contributed by atoms with Crippen molar-refractivity contribution < 1.29 is 9.53 Å². The van der Waals surface area contributed by atoms with Crippen LogP contribution in [0.3, 0.4) is 0 Å². The molecule has 1 aromatic carbocycles. The Morgan fingerprint density at radius 2 is 2.09 bits per heavy atom. The van der Waals surface area contributed by atoms with Gasteiger partial charge in [-0.2, -0.15) is 0 Å². The largest absolute Gasteiger partial charge is 0.491 e. The lowest BCUT2D eigenvalue weighted by Gasteiger charge is -2.28. The molecule has 0 aromatic heterocycles. The van der Waals surface area contributed by atoms with Crippen LogP contribution < -0.4 is 10.1 Å². The Balaban J connectivity index is 1.76. The number of hydrogen-bond acceptors (Lipinski definition) is 3. The van der Waals surface area contributed by atoms with Gasteiger partial charge in [-0.25, -0.2) is 0 Å². The van der Waals surface area contributed by atoms with Crippen molar-refractivity contribution in [2.24, 2.45) is 5.92 Å². The molecule has 2 rings (SSSR count). The minimum atomic E-state index is 0.157. The molecule has 0 saturated carbocycles. The summed E-state index contributed by atoms with van der Waals surface area (Å²) in [4.78, 5) is 14.4. The zero-order chi connectivity index (χ0) is 15.9. The molecule has 0 aliphatic carbocycles. The van der Waals surface area contributed by atoms with Gasteiger partial charge in [-0.05, 0) is 70.4 Å². The lowest BCUT2D eigenvalue weighted by Crippen LogP contribution is -2.33. The number of piperidine rings is 1. The normalized spacial score (nSPS) is 16.7. The van der Waals surface area contributed by atoms with Gasteiger partial charge in [-0.1, -0.05) is 12.1 Å². The highest BCUT2D eigenvalue weighted by atomic mass is 16.5. The number of nitrogens with zero attached hydrogens (tertiary/aromatic N) is 1. The van der Waals surface area contributed by atoms with Gasteiger partial charge >= 0.3 is 0 Å². The number of carbonyl (C=O) groups is 1. The van der Waals surface area contributed by atoms with E-state index in [9.17, 15) is 4.79 Å². The van der Waals surface area contributed by atoms with Gasteiger partial charge in [0.25, 0.3) is 0 Å². The fraction of sp³-hybridized carbons (Fsp3) is 0.611. The smallest absolute Gasteiger partial charge is 0.220 e. The number of amides is 1. The summed E-state index contributed by atoms with van der Waals surface area (Å²) in [5, 5.41) is 3.03. The predicted molar refractivity (Wildman–Crippen MR) is 88.9 cm³/mol. The summed E-state index contributed by atoms with van der Waals surface area (Å²) in [6.45, 7) is 6.80. The number of ether oxygens (including phenoxy) is 1. The molecule has 1 fully saturated rings. The van der Waals surface area contributed by atoms with Gasteiger partial charge < -0.3 is 15.0 Å². The summed E-state index contributed by atoms with van der Waals surface area (Å²) in [5.74, 6) is 1.55. The molecule has 1 aliphatic heterocycles. The Bertz CT molecular complexity index is 480. The average molecular weight is 304 g/mol. The molecule has 122 valence electrons. The summed E-state index contributed by atoms with van der Waals surface area (Å²) in [6, 6.07) is 7.93. The second-order valence-corrected chi connectivity index (χ2v) is 6.54. The molecule has 22 heavy (non-hydrogen) atoms. The van der Waals surface area contributed by atoms with Gasteiger partial charge in [-0.3, -0.25) is 4.79 Å². The van der Waals surface area contributed by atoms with E-state index in [1.807, 2.05) is 38.1 Å². The van der Waals surface area contributed by atoms with Crippen molar-refractivity contribution in [3.63, 3.8) is 0 Å². The maximum Gasteiger partial charge on any atom is 0.220 e. The standard InChI is InChI=1S/C18H28N2O2/c1-14(2)22-17-6-4-5-16(11-17)13-19-18(21)12-15-7-9-20(3)10-8-15/h4-6,11,14-15H,7-10,12-13H2,1-3H3,(H,19,21). The Morgan fingerprint density at radius 3 is 2.77 bits per heavy atom. The van der Waals surface area contributed by atoms with E-state index in [2.05, 4.69) is 17.3 Å². The highest BCUT2D eigenvalue weighted by molar-refractivity contribution is 5.76. The van der Waals surface area contributed by atoms with Crippen LogP contribution in [-0.2, 0) is 11.3 Å². The van der Waals surface area contributed by atoms with Crippen LogP contribution in [0.2, 0.25) is 0 Å². The van der Waals surface area contributed by atoms with E-state index in [4.69, 9.17) is 4.74 Å². The summed E-state index contributed by atoms with van der Waals surface area (Å²) < 4.78 is 5.68. The number of benzene rings is 1. The number of nitrogens with one attached hydrogen (secondary N) is 1. The average Bonchev–Trinajstić information content (AvgIpc) is 2.47. The molecule has 0 radical (unpaired) electrons. The number of hydrogen-bond donors (Lipinski definition) is 1. The van der Waals surface area contributed by atoms with E-state index in [-0.39, 0.29) is 12.0 Å². The maximum atomic E-state index is 12.1. The van der Waals surface area contributed by atoms with Crippen molar-refractivity contribution in [3.05, 3.63) is 29.8 Å². The molecule has 1 saturated heterocycles. The van der Waals surface area contributed by atoms with Crippen LogP contribution in [0.5, 0.6) is 5.75 Å². The van der Waals surface area contributed by atoms with E-state index >= 15 is 0 Å². The van der Waals surface area contributed by atoms with Crippen LogP contribution in [0.1, 0.15) is 38.7 Å². The van der Waals surface area contributed by atoms with Crippen molar-refractivity contribution in [1.29, 1.82) is 0 Å². The second kappa shape index (κ2) is 8.18. The van der Waals surface area contributed by atoms with E-state index in [0.29, 0.717) is 18.9 Å². The minimum absolute atomic E-state index is 0.157. The molecule has 1 aliphatic rings. The fourth-order valence-corrected chi connectivity index (χ4v) is 2.80. The molecule has 1 amide bonds. The molecule has 1 N–H and O–H groups in total. The molecule has 0 bridgehead atoms. The highest BCUT2D eigenvalue weighted by Crippen LogP contribution is 2.19.